The van der Waals surface area contributed by atoms with Gasteiger partial charge >= 0.3 is 0 Å². The van der Waals surface area contributed by atoms with Gasteiger partial charge in [-0.2, -0.15) is 0 Å². The van der Waals surface area contributed by atoms with Crippen LogP contribution in [0.2, 0.25) is 5.02 Å². The van der Waals surface area contributed by atoms with Crippen LogP contribution in [0.15, 0.2) is 36.5 Å². The zero-order valence-electron chi connectivity index (χ0n) is 10.9. The molecule has 0 aliphatic heterocycles. The van der Waals surface area contributed by atoms with Crippen molar-refractivity contribution < 1.29 is 4.79 Å². The summed E-state index contributed by atoms with van der Waals surface area (Å²) in [5.74, 6) is 5.36. The Morgan fingerprint density at radius 1 is 1.40 bits per heavy atom. The van der Waals surface area contributed by atoms with Gasteiger partial charge in [0, 0.05) is 13.2 Å². The van der Waals surface area contributed by atoms with E-state index in [0.29, 0.717) is 12.4 Å². The predicted octanol–water partition coefficient (Wildman–Crippen LogP) is 1.69. The molecule has 2 aromatic heterocycles. The standard InChI is InChI=1S/C13H14ClN5O/c1-19(8-9-4-2-3-7-16-9)13(20)12-10(14)5-6-11(17-12)18-15/h2-7H,8,15H2,1H3,(H,17,18). The monoisotopic (exact) mass is 291 g/mol. The van der Waals surface area contributed by atoms with Crippen LogP contribution in [0, 0.1) is 0 Å². The summed E-state index contributed by atoms with van der Waals surface area (Å²) < 4.78 is 0. The van der Waals surface area contributed by atoms with Gasteiger partial charge in [0.15, 0.2) is 0 Å². The maximum absolute atomic E-state index is 12.3. The first-order chi connectivity index (χ1) is 9.61. The molecule has 1 amide bonds. The molecule has 20 heavy (non-hydrogen) atoms. The van der Waals surface area contributed by atoms with Gasteiger partial charge in [0.25, 0.3) is 5.91 Å². The number of amides is 1. The Morgan fingerprint density at radius 3 is 2.85 bits per heavy atom. The molecule has 0 spiro atoms. The van der Waals surface area contributed by atoms with Crippen LogP contribution in [0.4, 0.5) is 5.82 Å². The average molecular weight is 292 g/mol. The van der Waals surface area contributed by atoms with E-state index in [1.165, 1.54) is 4.90 Å². The molecule has 0 aliphatic carbocycles. The van der Waals surface area contributed by atoms with Crippen LogP contribution in [0.1, 0.15) is 16.2 Å². The van der Waals surface area contributed by atoms with Crippen LogP contribution in [-0.2, 0) is 6.54 Å². The van der Waals surface area contributed by atoms with Crippen LogP contribution < -0.4 is 11.3 Å². The van der Waals surface area contributed by atoms with Crippen molar-refractivity contribution in [2.45, 2.75) is 6.54 Å². The minimum Gasteiger partial charge on any atom is -0.334 e. The highest BCUT2D eigenvalue weighted by Gasteiger charge is 2.18. The summed E-state index contributed by atoms with van der Waals surface area (Å²) in [6.07, 6.45) is 1.68. The first-order valence-corrected chi connectivity index (χ1v) is 6.28. The van der Waals surface area contributed by atoms with Crippen molar-refractivity contribution >= 4 is 23.3 Å². The van der Waals surface area contributed by atoms with Gasteiger partial charge in [0.1, 0.15) is 11.5 Å². The highest BCUT2D eigenvalue weighted by atomic mass is 35.5. The Bertz CT molecular complexity index is 605. The van der Waals surface area contributed by atoms with Crippen LogP contribution in [0.25, 0.3) is 0 Å². The SMILES string of the molecule is CN(Cc1ccccn1)C(=O)c1nc(NN)ccc1Cl. The Labute approximate surface area is 121 Å². The predicted molar refractivity (Wildman–Crippen MR) is 77.1 cm³/mol. The molecule has 3 N–H and O–H groups in total. The summed E-state index contributed by atoms with van der Waals surface area (Å²) >= 11 is 6.00. The molecule has 0 saturated heterocycles. The molecule has 6 nitrogen and oxygen atoms in total. The summed E-state index contributed by atoms with van der Waals surface area (Å²) in [5.41, 5.74) is 3.32. The minimum absolute atomic E-state index is 0.153. The van der Waals surface area contributed by atoms with E-state index < -0.39 is 0 Å². The van der Waals surface area contributed by atoms with Gasteiger partial charge < -0.3 is 10.3 Å². The van der Waals surface area contributed by atoms with Crippen molar-refractivity contribution in [1.29, 1.82) is 0 Å². The lowest BCUT2D eigenvalue weighted by Gasteiger charge is -2.17. The lowest BCUT2D eigenvalue weighted by molar-refractivity contribution is 0.0778. The summed E-state index contributed by atoms with van der Waals surface area (Å²) in [5, 5.41) is 0.280. The number of carbonyl (C=O) groups is 1. The Kier molecular flexibility index (Phi) is 4.49. The van der Waals surface area contributed by atoms with Crippen molar-refractivity contribution in [1.82, 2.24) is 14.9 Å². The third kappa shape index (κ3) is 3.23. The summed E-state index contributed by atoms with van der Waals surface area (Å²) in [6.45, 7) is 0.373. The van der Waals surface area contributed by atoms with Crippen LogP contribution >= 0.6 is 11.6 Å². The Balaban J connectivity index is 2.18. The van der Waals surface area contributed by atoms with Gasteiger partial charge in [-0.1, -0.05) is 17.7 Å². The smallest absolute Gasteiger partial charge is 0.274 e. The van der Waals surface area contributed by atoms with Gasteiger partial charge in [-0.15, -0.1) is 0 Å². The number of nitrogens with two attached hydrogens (primary N) is 1. The van der Waals surface area contributed by atoms with E-state index in [2.05, 4.69) is 15.4 Å². The van der Waals surface area contributed by atoms with Crippen molar-refractivity contribution in [3.8, 4) is 0 Å². The fourth-order valence-corrected chi connectivity index (χ4v) is 1.85. The first kappa shape index (κ1) is 14.2. The molecule has 0 bridgehead atoms. The molecule has 0 saturated carbocycles. The maximum atomic E-state index is 12.3. The van der Waals surface area contributed by atoms with E-state index in [1.807, 2.05) is 18.2 Å². The lowest BCUT2D eigenvalue weighted by atomic mass is 10.3. The van der Waals surface area contributed by atoms with Crippen molar-refractivity contribution in [2.24, 2.45) is 5.84 Å². The maximum Gasteiger partial charge on any atom is 0.274 e. The van der Waals surface area contributed by atoms with Crippen molar-refractivity contribution in [3.63, 3.8) is 0 Å². The largest absolute Gasteiger partial charge is 0.334 e. The molecule has 0 aromatic carbocycles. The van der Waals surface area contributed by atoms with Crippen LogP contribution in [0.5, 0.6) is 0 Å². The Hall–Kier alpha value is -2.18. The average Bonchev–Trinajstić information content (AvgIpc) is 2.48. The summed E-state index contributed by atoms with van der Waals surface area (Å²) in [6, 6.07) is 8.70. The van der Waals surface area contributed by atoms with E-state index in [0.717, 1.165) is 5.69 Å². The molecule has 0 radical (unpaired) electrons. The Morgan fingerprint density at radius 2 is 2.20 bits per heavy atom. The number of pyridine rings is 2. The molecule has 0 atom stereocenters. The number of anilines is 1. The zero-order valence-corrected chi connectivity index (χ0v) is 11.6. The first-order valence-electron chi connectivity index (χ1n) is 5.90. The van der Waals surface area contributed by atoms with Gasteiger partial charge in [-0.25, -0.2) is 10.8 Å². The number of hydrazine groups is 1. The highest BCUT2D eigenvalue weighted by Crippen LogP contribution is 2.18. The fraction of sp³-hybridized carbons (Fsp3) is 0.154. The van der Waals surface area contributed by atoms with Gasteiger partial charge in [0.2, 0.25) is 0 Å². The second kappa shape index (κ2) is 6.31. The summed E-state index contributed by atoms with van der Waals surface area (Å²) in [7, 11) is 1.66. The number of carbonyl (C=O) groups excluding carboxylic acids is 1. The molecule has 2 heterocycles. The topological polar surface area (TPSA) is 84.1 Å². The normalized spacial score (nSPS) is 10.2. The molecule has 0 unspecified atom stereocenters. The summed E-state index contributed by atoms with van der Waals surface area (Å²) in [4.78, 5) is 22.1. The molecule has 2 rings (SSSR count). The van der Waals surface area contributed by atoms with Gasteiger partial charge in [-0.05, 0) is 24.3 Å². The zero-order chi connectivity index (χ0) is 14.5. The van der Waals surface area contributed by atoms with E-state index in [1.54, 1.807) is 25.4 Å². The molecule has 7 heteroatoms. The number of nitrogen functional groups attached to an aromatic ring is 1. The minimum atomic E-state index is -0.294. The molecule has 104 valence electrons. The fourth-order valence-electron chi connectivity index (χ4n) is 1.66. The second-order valence-corrected chi connectivity index (χ2v) is 4.56. The molecular weight excluding hydrogens is 278 g/mol. The lowest BCUT2D eigenvalue weighted by Crippen LogP contribution is -2.28. The van der Waals surface area contributed by atoms with E-state index >= 15 is 0 Å². The molecule has 2 aromatic rings. The molecule has 0 aliphatic rings. The van der Waals surface area contributed by atoms with Crippen molar-refractivity contribution in [3.05, 3.63) is 52.9 Å². The number of halogens is 1. The number of nitrogens with one attached hydrogen (secondary N) is 1. The third-order valence-corrected chi connectivity index (χ3v) is 2.97. The van der Waals surface area contributed by atoms with Gasteiger partial charge in [0.05, 0.1) is 17.3 Å². The van der Waals surface area contributed by atoms with E-state index in [-0.39, 0.29) is 16.6 Å². The van der Waals surface area contributed by atoms with E-state index in [9.17, 15) is 4.79 Å². The number of aromatic nitrogens is 2. The third-order valence-electron chi connectivity index (χ3n) is 2.67. The molecule has 0 fully saturated rings. The number of hydrogen-bond acceptors (Lipinski definition) is 5. The van der Waals surface area contributed by atoms with Crippen molar-refractivity contribution in [2.75, 3.05) is 12.5 Å². The second-order valence-electron chi connectivity index (χ2n) is 4.15. The van der Waals surface area contributed by atoms with Crippen LogP contribution in [-0.4, -0.2) is 27.8 Å². The quantitative estimate of drug-likeness (QED) is 0.661. The van der Waals surface area contributed by atoms with Crippen LogP contribution in [0.3, 0.4) is 0 Å². The molecular formula is C13H14ClN5O. The number of rotatable bonds is 4. The van der Waals surface area contributed by atoms with Gasteiger partial charge in [-0.3, -0.25) is 9.78 Å². The number of hydrogen-bond donors (Lipinski definition) is 2. The highest BCUT2D eigenvalue weighted by molar-refractivity contribution is 6.33. The number of nitrogens with zero attached hydrogens (tertiary/aromatic N) is 3. The van der Waals surface area contributed by atoms with E-state index in [4.69, 9.17) is 17.4 Å².